The fourth-order valence-electron chi connectivity index (χ4n) is 2.48. The minimum Gasteiger partial charge on any atom is -0.427 e. The second-order valence-corrected chi connectivity index (χ2v) is 6.01. The summed E-state index contributed by atoms with van der Waals surface area (Å²) < 4.78 is 5.02. The molecule has 2 N–H and O–H groups in total. The van der Waals surface area contributed by atoms with Crippen molar-refractivity contribution in [3.05, 3.63) is 65.7 Å². The fraction of sp³-hybridized carbons (Fsp3) is 0.350. The van der Waals surface area contributed by atoms with Crippen LogP contribution in [0.15, 0.2) is 54.6 Å². The number of aliphatic hydroxyl groups is 1. The van der Waals surface area contributed by atoms with Gasteiger partial charge in [0.25, 0.3) is 0 Å². The molecule has 128 valence electrons. The molecule has 24 heavy (non-hydrogen) atoms. The van der Waals surface area contributed by atoms with Crippen LogP contribution in [0.1, 0.15) is 37.5 Å². The van der Waals surface area contributed by atoms with Gasteiger partial charge < -0.3 is 15.2 Å². The molecular weight excluding hydrogens is 302 g/mol. The number of hydrogen-bond acceptors (Lipinski definition) is 4. The summed E-state index contributed by atoms with van der Waals surface area (Å²) in [6.45, 7) is 4.05. The second-order valence-electron chi connectivity index (χ2n) is 6.01. The Morgan fingerprint density at radius 1 is 1.12 bits per heavy atom. The van der Waals surface area contributed by atoms with Gasteiger partial charge in [-0.25, -0.2) is 0 Å². The Bertz CT molecular complexity index is 625. The van der Waals surface area contributed by atoms with E-state index in [9.17, 15) is 9.90 Å². The third-order valence-corrected chi connectivity index (χ3v) is 3.89. The van der Waals surface area contributed by atoms with E-state index in [0.29, 0.717) is 18.3 Å². The lowest BCUT2D eigenvalue weighted by Crippen LogP contribution is -2.30. The van der Waals surface area contributed by atoms with Crippen LogP contribution < -0.4 is 10.1 Å². The highest BCUT2D eigenvalue weighted by molar-refractivity contribution is 5.69. The number of aryl methyl sites for hydroxylation is 1. The van der Waals surface area contributed by atoms with Gasteiger partial charge in [-0.1, -0.05) is 42.5 Å². The quantitative estimate of drug-likeness (QED) is 0.577. The zero-order chi connectivity index (χ0) is 17.4. The van der Waals surface area contributed by atoms with Crippen LogP contribution in [0, 0.1) is 0 Å². The minimum absolute atomic E-state index is 0.302. The van der Waals surface area contributed by atoms with Gasteiger partial charge in [0.1, 0.15) is 5.75 Å². The molecule has 0 aliphatic heterocycles. The molecule has 0 saturated heterocycles. The zero-order valence-electron chi connectivity index (χ0n) is 14.2. The Morgan fingerprint density at radius 3 is 2.42 bits per heavy atom. The molecule has 2 rings (SSSR count). The van der Waals surface area contributed by atoms with Gasteiger partial charge in [-0.05, 0) is 43.0 Å². The minimum atomic E-state index is -0.489. The first kappa shape index (κ1) is 18.2. The molecule has 0 radical (unpaired) electrons. The maximum Gasteiger partial charge on any atom is 0.308 e. The summed E-state index contributed by atoms with van der Waals surface area (Å²) in [6.07, 6.45) is 1.40. The van der Waals surface area contributed by atoms with Crippen molar-refractivity contribution in [1.29, 1.82) is 0 Å². The highest BCUT2D eigenvalue weighted by atomic mass is 16.5. The van der Waals surface area contributed by atoms with Gasteiger partial charge in [-0.15, -0.1) is 0 Å². The van der Waals surface area contributed by atoms with Gasteiger partial charge in [0, 0.05) is 19.5 Å². The van der Waals surface area contributed by atoms with Gasteiger partial charge >= 0.3 is 5.97 Å². The average Bonchev–Trinajstić information content (AvgIpc) is 2.59. The SMILES string of the molecule is CC(=O)Oc1ccc(CC[C@@H](C)NC[C@@H](O)c2ccccc2)cc1. The topological polar surface area (TPSA) is 58.6 Å². The van der Waals surface area contributed by atoms with E-state index in [4.69, 9.17) is 4.74 Å². The number of carbonyl (C=O) groups is 1. The van der Waals surface area contributed by atoms with E-state index in [1.54, 1.807) is 0 Å². The number of benzene rings is 2. The van der Waals surface area contributed by atoms with Crippen LogP contribution in [0.25, 0.3) is 0 Å². The molecule has 0 saturated carbocycles. The number of hydrogen-bond donors (Lipinski definition) is 2. The number of carbonyl (C=O) groups excluding carboxylic acids is 1. The van der Waals surface area contributed by atoms with Crippen LogP contribution in [0.2, 0.25) is 0 Å². The van der Waals surface area contributed by atoms with Crippen molar-refractivity contribution in [2.45, 2.75) is 38.8 Å². The first-order chi connectivity index (χ1) is 11.5. The van der Waals surface area contributed by atoms with Crippen LogP contribution >= 0.6 is 0 Å². The van der Waals surface area contributed by atoms with Crippen LogP contribution in [0.3, 0.4) is 0 Å². The van der Waals surface area contributed by atoms with E-state index in [0.717, 1.165) is 18.4 Å². The summed E-state index contributed by atoms with van der Waals surface area (Å²) in [5, 5.41) is 13.5. The molecule has 0 aromatic heterocycles. The Balaban J connectivity index is 1.72. The molecule has 0 amide bonds. The van der Waals surface area contributed by atoms with Crippen LogP contribution in [-0.2, 0) is 11.2 Å². The molecule has 0 unspecified atom stereocenters. The van der Waals surface area contributed by atoms with Crippen LogP contribution in [-0.4, -0.2) is 23.7 Å². The molecule has 4 nitrogen and oxygen atoms in total. The first-order valence-electron chi connectivity index (χ1n) is 8.28. The Hall–Kier alpha value is -2.17. The molecule has 2 aromatic rings. The summed E-state index contributed by atoms with van der Waals surface area (Å²) in [7, 11) is 0. The van der Waals surface area contributed by atoms with Crippen LogP contribution in [0.5, 0.6) is 5.75 Å². The molecule has 0 heterocycles. The van der Waals surface area contributed by atoms with Crippen molar-refractivity contribution in [3.8, 4) is 5.75 Å². The normalized spacial score (nSPS) is 13.3. The van der Waals surface area contributed by atoms with Crippen molar-refractivity contribution < 1.29 is 14.6 Å². The third kappa shape index (κ3) is 6.14. The molecule has 2 atom stereocenters. The van der Waals surface area contributed by atoms with Gasteiger partial charge in [0.2, 0.25) is 0 Å². The van der Waals surface area contributed by atoms with Crippen molar-refractivity contribution in [2.75, 3.05) is 6.54 Å². The number of aliphatic hydroxyl groups excluding tert-OH is 1. The van der Waals surface area contributed by atoms with Crippen molar-refractivity contribution >= 4 is 5.97 Å². The summed E-state index contributed by atoms with van der Waals surface area (Å²) in [5.74, 6) is 0.265. The summed E-state index contributed by atoms with van der Waals surface area (Å²) in [4.78, 5) is 10.9. The lowest BCUT2D eigenvalue weighted by molar-refractivity contribution is -0.131. The molecular formula is C20H25NO3. The largest absolute Gasteiger partial charge is 0.427 e. The van der Waals surface area contributed by atoms with E-state index in [-0.39, 0.29) is 5.97 Å². The molecule has 0 bridgehead atoms. The Morgan fingerprint density at radius 2 is 1.79 bits per heavy atom. The molecule has 2 aromatic carbocycles. The van der Waals surface area contributed by atoms with Gasteiger partial charge in [0.05, 0.1) is 6.10 Å². The monoisotopic (exact) mass is 327 g/mol. The van der Waals surface area contributed by atoms with E-state index in [2.05, 4.69) is 12.2 Å². The molecule has 0 aliphatic carbocycles. The maximum atomic E-state index is 10.9. The van der Waals surface area contributed by atoms with E-state index in [1.165, 1.54) is 12.5 Å². The Kier molecular flexibility index (Phi) is 6.97. The van der Waals surface area contributed by atoms with E-state index < -0.39 is 6.10 Å². The third-order valence-electron chi connectivity index (χ3n) is 3.89. The van der Waals surface area contributed by atoms with E-state index >= 15 is 0 Å². The van der Waals surface area contributed by atoms with Crippen molar-refractivity contribution in [3.63, 3.8) is 0 Å². The predicted octanol–water partition coefficient (Wildman–Crippen LogP) is 3.26. The van der Waals surface area contributed by atoms with Crippen LogP contribution in [0.4, 0.5) is 0 Å². The number of nitrogens with one attached hydrogen (secondary N) is 1. The summed E-state index contributed by atoms with van der Waals surface area (Å²) in [6, 6.07) is 17.6. The second kappa shape index (κ2) is 9.21. The van der Waals surface area contributed by atoms with Gasteiger partial charge in [-0.3, -0.25) is 4.79 Å². The maximum absolute atomic E-state index is 10.9. The lowest BCUT2D eigenvalue weighted by atomic mass is 10.1. The molecule has 4 heteroatoms. The lowest BCUT2D eigenvalue weighted by Gasteiger charge is -2.17. The number of ether oxygens (including phenoxy) is 1. The average molecular weight is 327 g/mol. The van der Waals surface area contributed by atoms with Gasteiger partial charge in [-0.2, -0.15) is 0 Å². The van der Waals surface area contributed by atoms with Gasteiger partial charge in [0.15, 0.2) is 0 Å². The number of rotatable bonds is 8. The predicted molar refractivity (Wildman–Crippen MR) is 94.9 cm³/mol. The summed E-state index contributed by atoms with van der Waals surface area (Å²) in [5.41, 5.74) is 2.13. The Labute approximate surface area is 143 Å². The van der Waals surface area contributed by atoms with Crippen molar-refractivity contribution in [2.24, 2.45) is 0 Å². The molecule has 0 aliphatic rings. The van der Waals surface area contributed by atoms with E-state index in [1.807, 2.05) is 54.6 Å². The van der Waals surface area contributed by atoms with Crippen molar-refractivity contribution in [1.82, 2.24) is 5.32 Å². The fourth-order valence-corrected chi connectivity index (χ4v) is 2.48. The standard InChI is InChI=1S/C20H25NO3/c1-15(21-14-20(23)18-6-4-3-5-7-18)8-9-17-10-12-19(13-11-17)24-16(2)22/h3-7,10-13,15,20-21,23H,8-9,14H2,1-2H3/t15-,20-/m1/s1. The smallest absolute Gasteiger partial charge is 0.308 e. The molecule has 0 fully saturated rings. The summed E-state index contributed by atoms with van der Waals surface area (Å²) >= 11 is 0. The number of esters is 1. The molecule has 0 spiro atoms. The highest BCUT2D eigenvalue weighted by Gasteiger charge is 2.09. The zero-order valence-corrected chi connectivity index (χ0v) is 14.2. The first-order valence-corrected chi connectivity index (χ1v) is 8.28. The highest BCUT2D eigenvalue weighted by Crippen LogP contribution is 2.15.